The fraction of sp³-hybridized carbons (Fsp3) is 0.529. The van der Waals surface area contributed by atoms with Crippen molar-refractivity contribution >= 4 is 11.6 Å². The van der Waals surface area contributed by atoms with Crippen LogP contribution in [0.2, 0.25) is 0 Å². The summed E-state index contributed by atoms with van der Waals surface area (Å²) < 4.78 is 1.77. The van der Waals surface area contributed by atoms with Gasteiger partial charge in [0.15, 0.2) is 0 Å². The van der Waals surface area contributed by atoms with Gasteiger partial charge in [-0.3, -0.25) is 14.3 Å². The van der Waals surface area contributed by atoms with Gasteiger partial charge in [-0.15, -0.1) is 0 Å². The smallest absolute Gasteiger partial charge is 0.266 e. The van der Waals surface area contributed by atoms with Gasteiger partial charge in [-0.05, 0) is 26.7 Å². The number of aryl methyl sites for hydroxylation is 2. The maximum atomic E-state index is 12.6. The predicted octanol–water partition coefficient (Wildman–Crippen LogP) is 0.906. The van der Waals surface area contributed by atoms with Crippen LogP contribution in [0, 0.1) is 12.8 Å². The average Bonchev–Trinajstić information content (AvgIpc) is 2.93. The number of hydrogen-bond donors (Lipinski definition) is 2. The quantitative estimate of drug-likeness (QED) is 0.859. The van der Waals surface area contributed by atoms with Crippen molar-refractivity contribution < 1.29 is 4.79 Å². The number of aromatic nitrogens is 4. The van der Waals surface area contributed by atoms with Crippen LogP contribution in [0.3, 0.4) is 0 Å². The molecule has 1 saturated heterocycles. The van der Waals surface area contributed by atoms with Gasteiger partial charge in [0.1, 0.15) is 0 Å². The standard InChI is InChI=1S/C17H24N6O2/c1-11(15-10-22(3)21-12(15)2)19-17(25)13-4-6-23(7-5-13)14-8-16(24)20-18-9-14/h8-11,13H,4-7H2,1-3H3,(H,19,25)(H,20,24)/t11-/m1/s1. The monoisotopic (exact) mass is 344 g/mol. The van der Waals surface area contributed by atoms with E-state index in [1.54, 1.807) is 16.9 Å². The van der Waals surface area contributed by atoms with Crippen LogP contribution in [0.5, 0.6) is 0 Å². The van der Waals surface area contributed by atoms with Crippen molar-refractivity contribution in [2.24, 2.45) is 13.0 Å². The number of anilines is 1. The van der Waals surface area contributed by atoms with E-state index in [0.717, 1.165) is 42.9 Å². The molecular formula is C17H24N6O2. The van der Waals surface area contributed by atoms with Crippen LogP contribution in [0.1, 0.15) is 37.1 Å². The molecule has 2 N–H and O–H groups in total. The highest BCUT2D eigenvalue weighted by Gasteiger charge is 2.27. The van der Waals surface area contributed by atoms with E-state index in [9.17, 15) is 9.59 Å². The number of piperidine rings is 1. The maximum absolute atomic E-state index is 12.6. The number of H-pyrrole nitrogens is 1. The Labute approximate surface area is 146 Å². The molecule has 3 rings (SSSR count). The van der Waals surface area contributed by atoms with Crippen LogP contribution in [0.25, 0.3) is 0 Å². The number of carbonyl (C=O) groups excluding carboxylic acids is 1. The lowest BCUT2D eigenvalue weighted by molar-refractivity contribution is -0.126. The molecular weight excluding hydrogens is 320 g/mol. The largest absolute Gasteiger partial charge is 0.370 e. The Bertz CT molecular complexity index is 803. The first-order valence-electron chi connectivity index (χ1n) is 8.54. The van der Waals surface area contributed by atoms with Gasteiger partial charge in [0.2, 0.25) is 5.91 Å². The van der Waals surface area contributed by atoms with Gasteiger partial charge in [0, 0.05) is 43.9 Å². The Kier molecular flexibility index (Phi) is 4.87. The fourth-order valence-electron chi connectivity index (χ4n) is 3.39. The SMILES string of the molecule is Cc1nn(C)cc1[C@@H](C)NC(=O)C1CCN(c2cn[nH]c(=O)c2)CC1. The van der Waals surface area contributed by atoms with Crippen molar-refractivity contribution in [3.8, 4) is 0 Å². The molecule has 0 aromatic carbocycles. The number of carbonyl (C=O) groups is 1. The summed E-state index contributed by atoms with van der Waals surface area (Å²) in [7, 11) is 1.88. The van der Waals surface area contributed by atoms with Crippen LogP contribution >= 0.6 is 0 Å². The maximum Gasteiger partial charge on any atom is 0.266 e. The minimum absolute atomic E-state index is 0.00867. The Morgan fingerprint density at radius 1 is 1.40 bits per heavy atom. The first-order valence-corrected chi connectivity index (χ1v) is 8.54. The second-order valence-corrected chi connectivity index (χ2v) is 6.64. The summed E-state index contributed by atoms with van der Waals surface area (Å²) in [4.78, 5) is 26.0. The average molecular weight is 344 g/mol. The lowest BCUT2D eigenvalue weighted by atomic mass is 9.95. The van der Waals surface area contributed by atoms with Crippen molar-refractivity contribution in [3.63, 3.8) is 0 Å². The molecule has 2 aromatic heterocycles. The molecule has 0 radical (unpaired) electrons. The van der Waals surface area contributed by atoms with Crippen molar-refractivity contribution in [3.05, 3.63) is 40.1 Å². The van der Waals surface area contributed by atoms with Crippen molar-refractivity contribution in [1.29, 1.82) is 0 Å². The Morgan fingerprint density at radius 2 is 2.12 bits per heavy atom. The van der Waals surface area contributed by atoms with Crippen LogP contribution in [-0.2, 0) is 11.8 Å². The number of amides is 1. The molecule has 0 saturated carbocycles. The molecule has 2 aromatic rings. The topological polar surface area (TPSA) is 95.9 Å². The van der Waals surface area contributed by atoms with E-state index in [1.807, 2.05) is 27.1 Å². The third kappa shape index (κ3) is 3.89. The second-order valence-electron chi connectivity index (χ2n) is 6.64. The van der Waals surface area contributed by atoms with E-state index in [-0.39, 0.29) is 23.4 Å². The molecule has 0 aliphatic carbocycles. The summed E-state index contributed by atoms with van der Waals surface area (Å²) in [6.45, 7) is 5.41. The molecule has 1 fully saturated rings. The van der Waals surface area contributed by atoms with E-state index in [0.29, 0.717) is 0 Å². The number of aromatic amines is 1. The number of rotatable bonds is 4. The van der Waals surface area contributed by atoms with Gasteiger partial charge in [-0.1, -0.05) is 0 Å². The molecule has 8 heteroatoms. The normalized spacial score (nSPS) is 16.7. The molecule has 1 amide bonds. The van der Waals surface area contributed by atoms with Gasteiger partial charge < -0.3 is 10.2 Å². The van der Waals surface area contributed by atoms with Gasteiger partial charge >= 0.3 is 0 Å². The van der Waals surface area contributed by atoms with E-state index < -0.39 is 0 Å². The first-order chi connectivity index (χ1) is 11.9. The molecule has 0 spiro atoms. The lowest BCUT2D eigenvalue weighted by Crippen LogP contribution is -2.41. The predicted molar refractivity (Wildman–Crippen MR) is 94.3 cm³/mol. The zero-order valence-corrected chi connectivity index (χ0v) is 14.8. The van der Waals surface area contributed by atoms with Gasteiger partial charge in [-0.25, -0.2) is 5.10 Å². The highest BCUT2D eigenvalue weighted by Crippen LogP contribution is 2.23. The third-order valence-corrected chi connectivity index (χ3v) is 4.76. The number of nitrogens with zero attached hydrogens (tertiary/aromatic N) is 4. The summed E-state index contributed by atoms with van der Waals surface area (Å²) >= 11 is 0. The van der Waals surface area contributed by atoms with Crippen molar-refractivity contribution in [2.45, 2.75) is 32.7 Å². The zero-order valence-electron chi connectivity index (χ0n) is 14.8. The van der Waals surface area contributed by atoms with Crippen molar-refractivity contribution in [1.82, 2.24) is 25.3 Å². The second kappa shape index (κ2) is 7.08. The Balaban J connectivity index is 1.56. The third-order valence-electron chi connectivity index (χ3n) is 4.76. The van der Waals surface area contributed by atoms with Crippen LogP contribution in [0.4, 0.5) is 5.69 Å². The highest BCUT2D eigenvalue weighted by atomic mass is 16.2. The fourth-order valence-corrected chi connectivity index (χ4v) is 3.39. The molecule has 8 nitrogen and oxygen atoms in total. The van der Waals surface area contributed by atoms with Crippen LogP contribution < -0.4 is 15.8 Å². The minimum atomic E-state index is -0.210. The first kappa shape index (κ1) is 17.2. The Morgan fingerprint density at radius 3 is 2.72 bits per heavy atom. The van der Waals surface area contributed by atoms with E-state index >= 15 is 0 Å². The van der Waals surface area contributed by atoms with E-state index in [2.05, 4.69) is 25.5 Å². The summed E-state index contributed by atoms with van der Waals surface area (Å²) in [6.07, 6.45) is 5.12. The molecule has 25 heavy (non-hydrogen) atoms. The molecule has 0 unspecified atom stereocenters. The highest BCUT2D eigenvalue weighted by molar-refractivity contribution is 5.79. The van der Waals surface area contributed by atoms with Gasteiger partial charge in [-0.2, -0.15) is 10.2 Å². The lowest BCUT2D eigenvalue weighted by Gasteiger charge is -2.33. The van der Waals surface area contributed by atoms with Crippen LogP contribution in [-0.4, -0.2) is 39.0 Å². The van der Waals surface area contributed by atoms with Gasteiger partial charge in [0.05, 0.1) is 23.6 Å². The Hall–Kier alpha value is -2.64. The van der Waals surface area contributed by atoms with E-state index in [1.165, 1.54) is 0 Å². The molecule has 1 aliphatic rings. The molecule has 1 atom stereocenters. The summed E-state index contributed by atoms with van der Waals surface area (Å²) in [5, 5.41) is 13.6. The summed E-state index contributed by atoms with van der Waals surface area (Å²) in [6, 6.07) is 1.48. The minimum Gasteiger partial charge on any atom is -0.370 e. The summed E-state index contributed by atoms with van der Waals surface area (Å²) in [5.41, 5.74) is 2.58. The van der Waals surface area contributed by atoms with Crippen LogP contribution in [0.15, 0.2) is 23.3 Å². The van der Waals surface area contributed by atoms with E-state index in [4.69, 9.17) is 0 Å². The van der Waals surface area contributed by atoms with Gasteiger partial charge in [0.25, 0.3) is 5.56 Å². The molecule has 0 bridgehead atoms. The van der Waals surface area contributed by atoms with Crippen molar-refractivity contribution in [2.75, 3.05) is 18.0 Å². The zero-order chi connectivity index (χ0) is 18.0. The number of nitrogens with one attached hydrogen (secondary N) is 2. The number of hydrogen-bond acceptors (Lipinski definition) is 5. The molecule has 1 aliphatic heterocycles. The molecule has 134 valence electrons. The summed E-state index contributed by atoms with van der Waals surface area (Å²) in [5.74, 6) is 0.0741. The molecule has 3 heterocycles.